The van der Waals surface area contributed by atoms with Gasteiger partial charge in [0.15, 0.2) is 0 Å². The minimum Gasteiger partial charge on any atom is -0.495 e. The number of hydrogen-bond donors (Lipinski definition) is 2. The topological polar surface area (TPSA) is 84.5 Å². The summed E-state index contributed by atoms with van der Waals surface area (Å²) in [5, 5.41) is 2.77. The van der Waals surface area contributed by atoms with E-state index in [1.54, 1.807) is 12.1 Å². The molecule has 0 radical (unpaired) electrons. The van der Waals surface area contributed by atoms with Crippen molar-refractivity contribution in [2.45, 2.75) is 37.6 Å². The number of sulfonamides is 1. The third kappa shape index (κ3) is 5.96. The lowest BCUT2D eigenvalue weighted by Crippen LogP contribution is -2.33. The van der Waals surface area contributed by atoms with Crippen LogP contribution in [0.4, 0.5) is 5.69 Å². The Morgan fingerprint density at radius 3 is 2.38 bits per heavy atom. The number of amides is 1. The van der Waals surface area contributed by atoms with Crippen LogP contribution in [0.3, 0.4) is 0 Å². The van der Waals surface area contributed by atoms with Gasteiger partial charge in [-0.25, -0.2) is 13.1 Å². The molecule has 0 saturated carbocycles. The number of hydrogen-bond acceptors (Lipinski definition) is 4. The van der Waals surface area contributed by atoms with Crippen LogP contribution in [0.15, 0.2) is 77.7 Å². The molecular formula is C25H28N2O4S. The highest BCUT2D eigenvalue weighted by Gasteiger charge is 2.20. The van der Waals surface area contributed by atoms with E-state index in [0.29, 0.717) is 23.4 Å². The molecule has 3 rings (SSSR count). The predicted molar refractivity (Wildman–Crippen MR) is 127 cm³/mol. The van der Waals surface area contributed by atoms with Crippen LogP contribution >= 0.6 is 0 Å². The zero-order valence-corrected chi connectivity index (χ0v) is 19.3. The van der Waals surface area contributed by atoms with Gasteiger partial charge >= 0.3 is 0 Å². The highest BCUT2D eigenvalue weighted by atomic mass is 32.2. The lowest BCUT2D eigenvalue weighted by atomic mass is 10.1. The van der Waals surface area contributed by atoms with Gasteiger partial charge in [-0.1, -0.05) is 48.5 Å². The maximum Gasteiger partial charge on any atom is 0.256 e. The number of rotatable bonds is 9. The third-order valence-electron chi connectivity index (χ3n) is 5.18. The van der Waals surface area contributed by atoms with Crippen LogP contribution in [-0.2, 0) is 16.4 Å². The first-order valence-corrected chi connectivity index (χ1v) is 11.9. The van der Waals surface area contributed by atoms with Crippen LogP contribution in [0.5, 0.6) is 5.75 Å². The Kier molecular flexibility index (Phi) is 7.66. The van der Waals surface area contributed by atoms with Crippen molar-refractivity contribution in [3.05, 3.63) is 89.5 Å². The van der Waals surface area contributed by atoms with Gasteiger partial charge in [-0.05, 0) is 62.1 Å². The van der Waals surface area contributed by atoms with Gasteiger partial charge in [0, 0.05) is 11.6 Å². The summed E-state index contributed by atoms with van der Waals surface area (Å²) in [5.74, 6) is 0.0446. The molecule has 0 aromatic heterocycles. The maximum atomic E-state index is 13.0. The highest BCUT2D eigenvalue weighted by Crippen LogP contribution is 2.28. The van der Waals surface area contributed by atoms with Crippen molar-refractivity contribution in [1.82, 2.24) is 4.72 Å². The minimum atomic E-state index is -3.78. The van der Waals surface area contributed by atoms with E-state index in [-0.39, 0.29) is 16.8 Å². The van der Waals surface area contributed by atoms with Crippen molar-refractivity contribution < 1.29 is 17.9 Å². The van der Waals surface area contributed by atoms with E-state index in [4.69, 9.17) is 4.74 Å². The second-order valence-corrected chi connectivity index (χ2v) is 9.39. The monoisotopic (exact) mass is 452 g/mol. The maximum absolute atomic E-state index is 13.0. The Bertz CT molecular complexity index is 1180. The number of anilines is 1. The van der Waals surface area contributed by atoms with Crippen molar-refractivity contribution in [2.24, 2.45) is 0 Å². The molecule has 1 atom stereocenters. The first-order valence-electron chi connectivity index (χ1n) is 10.4. The summed E-state index contributed by atoms with van der Waals surface area (Å²) in [6.07, 6.45) is 1.43. The van der Waals surface area contributed by atoms with Crippen LogP contribution in [0, 0.1) is 6.92 Å². The van der Waals surface area contributed by atoms with E-state index in [1.807, 2.05) is 56.3 Å². The predicted octanol–water partition coefficient (Wildman–Crippen LogP) is 4.56. The van der Waals surface area contributed by atoms with E-state index < -0.39 is 10.0 Å². The molecule has 7 heteroatoms. The van der Waals surface area contributed by atoms with Crippen molar-refractivity contribution in [3.8, 4) is 5.75 Å². The van der Waals surface area contributed by atoms with Gasteiger partial charge in [0.1, 0.15) is 5.75 Å². The minimum absolute atomic E-state index is 0.0601. The van der Waals surface area contributed by atoms with Crippen molar-refractivity contribution in [2.75, 3.05) is 12.4 Å². The van der Waals surface area contributed by atoms with E-state index in [2.05, 4.69) is 10.0 Å². The molecule has 1 amide bonds. The van der Waals surface area contributed by atoms with E-state index in [0.717, 1.165) is 17.5 Å². The fraction of sp³-hybridized carbons (Fsp3) is 0.240. The van der Waals surface area contributed by atoms with E-state index >= 15 is 0 Å². The van der Waals surface area contributed by atoms with Crippen molar-refractivity contribution in [1.29, 1.82) is 0 Å². The van der Waals surface area contributed by atoms with Gasteiger partial charge in [0.25, 0.3) is 5.91 Å². The lowest BCUT2D eigenvalue weighted by Gasteiger charge is -2.16. The van der Waals surface area contributed by atoms with Gasteiger partial charge in [-0.2, -0.15) is 0 Å². The zero-order chi connectivity index (χ0) is 23.1. The van der Waals surface area contributed by atoms with E-state index in [1.165, 1.54) is 25.3 Å². The average Bonchev–Trinajstić information content (AvgIpc) is 2.78. The number of nitrogens with one attached hydrogen (secondary N) is 2. The Morgan fingerprint density at radius 1 is 1.00 bits per heavy atom. The molecule has 2 N–H and O–H groups in total. The molecule has 0 spiro atoms. The van der Waals surface area contributed by atoms with Gasteiger partial charge < -0.3 is 10.1 Å². The molecule has 0 unspecified atom stereocenters. The fourth-order valence-electron chi connectivity index (χ4n) is 3.39. The Morgan fingerprint density at radius 2 is 1.69 bits per heavy atom. The van der Waals surface area contributed by atoms with Crippen molar-refractivity contribution in [3.63, 3.8) is 0 Å². The second-order valence-electron chi connectivity index (χ2n) is 7.68. The third-order valence-corrected chi connectivity index (χ3v) is 6.77. The molecule has 32 heavy (non-hydrogen) atoms. The molecule has 0 aliphatic carbocycles. The first-order chi connectivity index (χ1) is 15.3. The molecule has 0 saturated heterocycles. The van der Waals surface area contributed by atoms with Gasteiger partial charge in [0.2, 0.25) is 10.0 Å². The lowest BCUT2D eigenvalue weighted by molar-refractivity contribution is 0.102. The van der Waals surface area contributed by atoms with Gasteiger partial charge in [-0.3, -0.25) is 4.79 Å². The SMILES string of the molecule is COc1ccc(S(=O)(=O)N[C@H](C)CCc2ccccc2)cc1NC(=O)c1ccccc1C. The molecule has 0 aliphatic rings. The summed E-state index contributed by atoms with van der Waals surface area (Å²) in [4.78, 5) is 12.8. The summed E-state index contributed by atoms with van der Waals surface area (Å²) in [6.45, 7) is 3.68. The Hall–Kier alpha value is -3.16. The molecule has 0 aliphatic heterocycles. The second kappa shape index (κ2) is 10.4. The summed E-state index contributed by atoms with van der Waals surface area (Å²) < 4.78 is 33.9. The zero-order valence-electron chi connectivity index (χ0n) is 18.5. The van der Waals surface area contributed by atoms with Crippen LogP contribution in [0.25, 0.3) is 0 Å². The number of carbonyl (C=O) groups is 1. The smallest absolute Gasteiger partial charge is 0.256 e. The Labute approximate surface area is 189 Å². The number of aryl methyl sites for hydroxylation is 2. The largest absolute Gasteiger partial charge is 0.495 e. The van der Waals surface area contributed by atoms with Gasteiger partial charge in [0.05, 0.1) is 17.7 Å². The van der Waals surface area contributed by atoms with Crippen LogP contribution < -0.4 is 14.8 Å². The number of benzene rings is 3. The molecule has 0 fully saturated rings. The fourth-order valence-corrected chi connectivity index (χ4v) is 4.69. The van der Waals surface area contributed by atoms with E-state index in [9.17, 15) is 13.2 Å². The molecule has 0 bridgehead atoms. The highest BCUT2D eigenvalue weighted by molar-refractivity contribution is 7.89. The number of ether oxygens (including phenoxy) is 1. The molecule has 0 heterocycles. The molecule has 6 nitrogen and oxygen atoms in total. The molecular weight excluding hydrogens is 424 g/mol. The van der Waals surface area contributed by atoms with Crippen LogP contribution in [0.1, 0.15) is 34.8 Å². The molecule has 168 valence electrons. The number of methoxy groups -OCH3 is 1. The van der Waals surface area contributed by atoms with Gasteiger partial charge in [-0.15, -0.1) is 0 Å². The first kappa shape index (κ1) is 23.5. The summed E-state index contributed by atoms with van der Waals surface area (Å²) in [5.41, 5.74) is 2.78. The molecule has 3 aromatic rings. The quantitative estimate of drug-likeness (QED) is 0.499. The summed E-state index contributed by atoms with van der Waals surface area (Å²) in [7, 11) is -2.31. The Balaban J connectivity index is 1.75. The summed E-state index contributed by atoms with van der Waals surface area (Å²) >= 11 is 0. The average molecular weight is 453 g/mol. The normalized spacial score (nSPS) is 12.2. The molecule has 3 aromatic carbocycles. The van der Waals surface area contributed by atoms with Crippen LogP contribution in [0.2, 0.25) is 0 Å². The van der Waals surface area contributed by atoms with Crippen LogP contribution in [-0.4, -0.2) is 27.5 Å². The standard InChI is InChI=1S/C25H28N2O4S/c1-18-9-7-8-12-22(18)25(28)26-23-17-21(15-16-24(23)31-3)32(29,30)27-19(2)13-14-20-10-5-4-6-11-20/h4-12,15-17,19,27H,13-14H2,1-3H3,(H,26,28)/t19-/m1/s1. The number of carbonyl (C=O) groups excluding carboxylic acids is 1. The van der Waals surface area contributed by atoms with Crippen molar-refractivity contribution >= 4 is 21.6 Å². The summed E-state index contributed by atoms with van der Waals surface area (Å²) in [6, 6.07) is 21.3.